The molecule has 5 heteroatoms. The zero-order valence-corrected chi connectivity index (χ0v) is 9.70. The van der Waals surface area contributed by atoms with Crippen LogP contribution in [0.25, 0.3) is 0 Å². The molecule has 2 aliphatic rings. The Bertz CT molecular complexity index is 187. The van der Waals surface area contributed by atoms with Crippen molar-refractivity contribution < 1.29 is 4.79 Å². The highest BCUT2D eigenvalue weighted by Crippen LogP contribution is 2.32. The fourth-order valence-corrected chi connectivity index (χ4v) is 2.54. The van der Waals surface area contributed by atoms with E-state index in [0.717, 1.165) is 12.3 Å². The smallest absolute Gasteiger partial charge is 0.234 e. The van der Waals surface area contributed by atoms with Crippen LogP contribution in [0, 0.1) is 5.92 Å². The second-order valence-corrected chi connectivity index (χ2v) is 4.01. The van der Waals surface area contributed by atoms with E-state index in [1.54, 1.807) is 0 Å². The molecule has 84 valence electrons. The fourth-order valence-electron chi connectivity index (χ4n) is 2.54. The minimum absolute atomic E-state index is 0. The standard InChI is InChI=1S/C9H16N2O.2ClH/c10-9(12)8-5-6-3-1-2-4-7(6)11-8;;/h6-8,11H,1-5H2,(H2,10,12);2*1H. The molecule has 2 fully saturated rings. The number of primary amides is 1. The Labute approximate surface area is 97.0 Å². The van der Waals surface area contributed by atoms with Crippen LogP contribution in [-0.4, -0.2) is 18.0 Å². The zero-order chi connectivity index (χ0) is 8.55. The zero-order valence-electron chi connectivity index (χ0n) is 8.07. The van der Waals surface area contributed by atoms with Crippen LogP contribution in [0.5, 0.6) is 0 Å². The first kappa shape index (κ1) is 14.0. The lowest BCUT2D eigenvalue weighted by Gasteiger charge is -2.24. The Morgan fingerprint density at radius 1 is 1.21 bits per heavy atom. The highest BCUT2D eigenvalue weighted by atomic mass is 35.5. The summed E-state index contributed by atoms with van der Waals surface area (Å²) in [5, 5.41) is 3.32. The van der Waals surface area contributed by atoms with Crippen molar-refractivity contribution in [2.45, 2.75) is 44.2 Å². The van der Waals surface area contributed by atoms with Gasteiger partial charge in [-0.15, -0.1) is 24.8 Å². The number of carbonyl (C=O) groups is 1. The third-order valence-corrected chi connectivity index (χ3v) is 3.21. The van der Waals surface area contributed by atoms with Crippen molar-refractivity contribution in [2.75, 3.05) is 0 Å². The molecule has 1 saturated carbocycles. The number of hydrogen-bond donors (Lipinski definition) is 2. The van der Waals surface area contributed by atoms with Gasteiger partial charge in [-0.3, -0.25) is 4.79 Å². The third kappa shape index (κ3) is 2.75. The molecule has 14 heavy (non-hydrogen) atoms. The maximum absolute atomic E-state index is 10.9. The Morgan fingerprint density at radius 3 is 2.43 bits per heavy atom. The van der Waals surface area contributed by atoms with E-state index in [2.05, 4.69) is 5.32 Å². The molecule has 0 bridgehead atoms. The van der Waals surface area contributed by atoms with Crippen molar-refractivity contribution >= 4 is 30.7 Å². The van der Waals surface area contributed by atoms with Gasteiger partial charge < -0.3 is 11.1 Å². The van der Waals surface area contributed by atoms with Crippen molar-refractivity contribution in [3.05, 3.63) is 0 Å². The molecule has 0 aromatic heterocycles. The van der Waals surface area contributed by atoms with E-state index in [-0.39, 0.29) is 36.8 Å². The summed E-state index contributed by atoms with van der Waals surface area (Å²) in [6, 6.07) is 0.536. The first-order chi connectivity index (χ1) is 5.77. The van der Waals surface area contributed by atoms with Crippen LogP contribution in [0.15, 0.2) is 0 Å². The number of fused-ring (bicyclic) bond motifs is 1. The van der Waals surface area contributed by atoms with Crippen molar-refractivity contribution in [3.8, 4) is 0 Å². The molecule has 0 aromatic rings. The van der Waals surface area contributed by atoms with Crippen LogP contribution in [0.1, 0.15) is 32.1 Å². The number of nitrogens with one attached hydrogen (secondary N) is 1. The summed E-state index contributed by atoms with van der Waals surface area (Å²) in [7, 11) is 0. The Hall–Kier alpha value is 0.01000. The van der Waals surface area contributed by atoms with Crippen molar-refractivity contribution in [2.24, 2.45) is 11.7 Å². The van der Waals surface area contributed by atoms with Crippen LogP contribution < -0.4 is 11.1 Å². The SMILES string of the molecule is Cl.Cl.NC(=O)C1CC2CCCCC2N1. The quantitative estimate of drug-likeness (QED) is 0.725. The molecule has 1 saturated heterocycles. The van der Waals surface area contributed by atoms with E-state index < -0.39 is 0 Å². The number of hydrogen-bond acceptors (Lipinski definition) is 2. The number of amides is 1. The van der Waals surface area contributed by atoms with Crippen molar-refractivity contribution in [3.63, 3.8) is 0 Å². The summed E-state index contributed by atoms with van der Waals surface area (Å²) in [4.78, 5) is 10.9. The molecule has 1 heterocycles. The van der Waals surface area contributed by atoms with Crippen LogP contribution in [0.2, 0.25) is 0 Å². The van der Waals surface area contributed by atoms with Crippen molar-refractivity contribution in [1.82, 2.24) is 5.32 Å². The molecule has 0 aromatic carbocycles. The first-order valence-corrected chi connectivity index (χ1v) is 4.83. The summed E-state index contributed by atoms with van der Waals surface area (Å²) in [6.45, 7) is 0. The Morgan fingerprint density at radius 2 is 1.86 bits per heavy atom. The lowest BCUT2D eigenvalue weighted by molar-refractivity contribution is -0.119. The summed E-state index contributed by atoms with van der Waals surface area (Å²) in [5.41, 5.74) is 5.25. The number of halogens is 2. The summed E-state index contributed by atoms with van der Waals surface area (Å²) >= 11 is 0. The highest BCUT2D eigenvalue weighted by molar-refractivity contribution is 5.85. The maximum atomic E-state index is 10.9. The van der Waals surface area contributed by atoms with Gasteiger partial charge in [0.2, 0.25) is 5.91 Å². The van der Waals surface area contributed by atoms with Crippen molar-refractivity contribution in [1.29, 1.82) is 0 Å². The second-order valence-electron chi connectivity index (χ2n) is 4.01. The largest absolute Gasteiger partial charge is 0.368 e. The van der Waals surface area contributed by atoms with Gasteiger partial charge in [0.25, 0.3) is 0 Å². The second kappa shape index (κ2) is 5.79. The maximum Gasteiger partial charge on any atom is 0.234 e. The number of rotatable bonds is 1. The van der Waals surface area contributed by atoms with Gasteiger partial charge in [-0.1, -0.05) is 12.8 Å². The lowest BCUT2D eigenvalue weighted by Crippen LogP contribution is -2.40. The topological polar surface area (TPSA) is 55.1 Å². The van der Waals surface area contributed by atoms with E-state index in [0.29, 0.717) is 6.04 Å². The predicted molar refractivity (Wildman–Crippen MR) is 61.0 cm³/mol. The average Bonchev–Trinajstić information content (AvgIpc) is 2.46. The Kier molecular flexibility index (Phi) is 5.79. The Balaban J connectivity index is 0.000000845. The van der Waals surface area contributed by atoms with E-state index in [9.17, 15) is 4.79 Å². The van der Waals surface area contributed by atoms with Gasteiger partial charge in [-0.05, 0) is 25.2 Å². The molecular weight excluding hydrogens is 223 g/mol. The summed E-state index contributed by atoms with van der Waals surface area (Å²) in [6.07, 6.45) is 6.11. The molecule has 3 N–H and O–H groups in total. The number of carbonyl (C=O) groups excluding carboxylic acids is 1. The fraction of sp³-hybridized carbons (Fsp3) is 0.889. The molecule has 2 rings (SSSR count). The highest BCUT2D eigenvalue weighted by Gasteiger charge is 2.37. The molecule has 0 radical (unpaired) electrons. The lowest BCUT2D eigenvalue weighted by atomic mass is 9.85. The van der Waals surface area contributed by atoms with Gasteiger partial charge in [0, 0.05) is 6.04 Å². The van der Waals surface area contributed by atoms with Crippen LogP contribution in [0.4, 0.5) is 0 Å². The van der Waals surface area contributed by atoms with Crippen LogP contribution in [0.3, 0.4) is 0 Å². The van der Waals surface area contributed by atoms with E-state index >= 15 is 0 Å². The third-order valence-electron chi connectivity index (χ3n) is 3.21. The molecule has 1 aliphatic carbocycles. The molecule has 1 amide bonds. The van der Waals surface area contributed by atoms with Gasteiger partial charge in [-0.2, -0.15) is 0 Å². The van der Waals surface area contributed by atoms with E-state index in [4.69, 9.17) is 5.73 Å². The molecular formula is C9H18Cl2N2O. The summed E-state index contributed by atoms with van der Waals surface area (Å²) < 4.78 is 0. The minimum Gasteiger partial charge on any atom is -0.368 e. The van der Waals surface area contributed by atoms with Crippen LogP contribution in [-0.2, 0) is 4.79 Å². The monoisotopic (exact) mass is 240 g/mol. The molecule has 0 spiro atoms. The van der Waals surface area contributed by atoms with Gasteiger partial charge in [0.15, 0.2) is 0 Å². The molecule has 1 aliphatic heterocycles. The van der Waals surface area contributed by atoms with Gasteiger partial charge in [0.05, 0.1) is 6.04 Å². The number of nitrogens with two attached hydrogens (primary N) is 1. The molecule has 3 atom stereocenters. The molecule has 3 nitrogen and oxygen atoms in total. The van der Waals surface area contributed by atoms with Gasteiger partial charge >= 0.3 is 0 Å². The molecule has 3 unspecified atom stereocenters. The normalized spacial score (nSPS) is 35.0. The van der Waals surface area contributed by atoms with Gasteiger partial charge in [-0.25, -0.2) is 0 Å². The van der Waals surface area contributed by atoms with Crippen LogP contribution >= 0.6 is 24.8 Å². The van der Waals surface area contributed by atoms with Gasteiger partial charge in [0.1, 0.15) is 0 Å². The average molecular weight is 241 g/mol. The van der Waals surface area contributed by atoms with E-state index in [1.165, 1.54) is 25.7 Å². The first-order valence-electron chi connectivity index (χ1n) is 4.83. The predicted octanol–water partition coefficient (Wildman–Crippen LogP) is 1.24. The van der Waals surface area contributed by atoms with E-state index in [1.807, 2.05) is 0 Å². The summed E-state index contributed by atoms with van der Waals surface area (Å²) in [5.74, 6) is 0.542. The minimum atomic E-state index is -0.176.